The van der Waals surface area contributed by atoms with E-state index in [1.165, 1.54) is 0 Å². The summed E-state index contributed by atoms with van der Waals surface area (Å²) in [5.41, 5.74) is 1.04. The van der Waals surface area contributed by atoms with Crippen molar-refractivity contribution in [3.8, 4) is 17.1 Å². The van der Waals surface area contributed by atoms with Gasteiger partial charge in [0.15, 0.2) is 5.82 Å². The summed E-state index contributed by atoms with van der Waals surface area (Å²) in [6.07, 6.45) is 4.44. The topological polar surface area (TPSA) is 66.0 Å². The number of benzene rings is 2. The van der Waals surface area contributed by atoms with Crippen molar-refractivity contribution in [1.29, 1.82) is 0 Å². The lowest BCUT2D eigenvalue weighted by molar-refractivity contribution is 0.375. The molecule has 6 heteroatoms. The van der Waals surface area contributed by atoms with Gasteiger partial charge in [-0.1, -0.05) is 36.3 Å². The molecule has 0 aliphatic carbocycles. The zero-order chi connectivity index (χ0) is 17.2. The SMILES string of the molecule is CCc1nc(Cn2ccnc2-c2ccc(OC)c3ccccc23)no1. The van der Waals surface area contributed by atoms with E-state index in [2.05, 4.69) is 27.3 Å². The Bertz CT molecular complexity index is 1020. The molecule has 0 saturated heterocycles. The van der Waals surface area contributed by atoms with E-state index in [-0.39, 0.29) is 0 Å². The van der Waals surface area contributed by atoms with Crippen LogP contribution in [0.4, 0.5) is 0 Å². The maximum absolute atomic E-state index is 5.48. The summed E-state index contributed by atoms with van der Waals surface area (Å²) in [4.78, 5) is 8.93. The molecular formula is C19H18N4O2. The molecule has 0 aliphatic heterocycles. The minimum Gasteiger partial charge on any atom is -0.496 e. The van der Waals surface area contributed by atoms with Gasteiger partial charge in [-0.05, 0) is 17.5 Å². The van der Waals surface area contributed by atoms with Gasteiger partial charge < -0.3 is 13.8 Å². The van der Waals surface area contributed by atoms with Crippen molar-refractivity contribution in [1.82, 2.24) is 19.7 Å². The highest BCUT2D eigenvalue weighted by atomic mass is 16.5. The van der Waals surface area contributed by atoms with Gasteiger partial charge in [0.25, 0.3) is 0 Å². The highest BCUT2D eigenvalue weighted by molar-refractivity contribution is 5.98. The first-order valence-electron chi connectivity index (χ1n) is 8.19. The lowest BCUT2D eigenvalue weighted by atomic mass is 10.0. The molecule has 0 unspecified atom stereocenters. The fourth-order valence-electron chi connectivity index (χ4n) is 2.98. The van der Waals surface area contributed by atoms with E-state index >= 15 is 0 Å². The Morgan fingerprint density at radius 2 is 1.96 bits per heavy atom. The van der Waals surface area contributed by atoms with Gasteiger partial charge in [0.2, 0.25) is 5.89 Å². The van der Waals surface area contributed by atoms with E-state index in [1.54, 1.807) is 13.3 Å². The van der Waals surface area contributed by atoms with Gasteiger partial charge in [-0.2, -0.15) is 4.98 Å². The predicted molar refractivity (Wildman–Crippen MR) is 94.5 cm³/mol. The standard InChI is InChI=1S/C19H18N4O2/c1-3-18-21-17(22-25-18)12-23-11-10-20-19(23)15-8-9-16(24-2)14-7-5-4-6-13(14)15/h4-11H,3,12H2,1-2H3. The summed E-state index contributed by atoms with van der Waals surface area (Å²) in [5, 5.41) is 6.19. The maximum Gasteiger partial charge on any atom is 0.226 e. The fourth-order valence-corrected chi connectivity index (χ4v) is 2.98. The highest BCUT2D eigenvalue weighted by Gasteiger charge is 2.14. The molecule has 2 heterocycles. The zero-order valence-corrected chi connectivity index (χ0v) is 14.1. The second-order valence-corrected chi connectivity index (χ2v) is 5.70. The summed E-state index contributed by atoms with van der Waals surface area (Å²) in [6, 6.07) is 12.2. The van der Waals surface area contributed by atoms with Gasteiger partial charge in [0.05, 0.1) is 13.7 Å². The highest BCUT2D eigenvalue weighted by Crippen LogP contribution is 2.33. The molecule has 0 radical (unpaired) electrons. The third kappa shape index (κ3) is 2.76. The lowest BCUT2D eigenvalue weighted by Gasteiger charge is -2.11. The number of ether oxygens (including phenoxy) is 1. The number of methoxy groups -OCH3 is 1. The normalized spacial score (nSPS) is 11.1. The molecule has 2 aromatic heterocycles. The summed E-state index contributed by atoms with van der Waals surface area (Å²) >= 11 is 0. The van der Waals surface area contributed by atoms with Crippen molar-refractivity contribution >= 4 is 10.8 Å². The lowest BCUT2D eigenvalue weighted by Crippen LogP contribution is -2.03. The molecule has 0 amide bonds. The first-order chi connectivity index (χ1) is 12.3. The molecule has 4 rings (SSSR count). The largest absolute Gasteiger partial charge is 0.496 e. The Balaban J connectivity index is 1.79. The number of aromatic nitrogens is 4. The van der Waals surface area contributed by atoms with E-state index in [1.807, 2.05) is 42.0 Å². The second kappa shape index (κ2) is 6.39. The maximum atomic E-state index is 5.48. The van der Waals surface area contributed by atoms with Gasteiger partial charge in [-0.3, -0.25) is 0 Å². The molecule has 0 bridgehead atoms. The molecule has 2 aromatic carbocycles. The van der Waals surface area contributed by atoms with Gasteiger partial charge in [0.1, 0.15) is 11.6 Å². The van der Waals surface area contributed by atoms with Gasteiger partial charge in [-0.25, -0.2) is 4.98 Å². The van der Waals surface area contributed by atoms with Gasteiger partial charge in [-0.15, -0.1) is 0 Å². The molecule has 0 aliphatic rings. The average molecular weight is 334 g/mol. The molecule has 0 atom stereocenters. The zero-order valence-electron chi connectivity index (χ0n) is 14.1. The van der Waals surface area contributed by atoms with E-state index < -0.39 is 0 Å². The number of hydrogen-bond donors (Lipinski definition) is 0. The molecule has 0 spiro atoms. The molecule has 25 heavy (non-hydrogen) atoms. The third-order valence-electron chi connectivity index (χ3n) is 4.18. The number of imidazole rings is 1. The summed E-state index contributed by atoms with van der Waals surface area (Å²) in [6.45, 7) is 2.50. The minimum atomic E-state index is 0.513. The number of aryl methyl sites for hydroxylation is 1. The van der Waals surface area contributed by atoms with Gasteiger partial charge >= 0.3 is 0 Å². The monoisotopic (exact) mass is 334 g/mol. The summed E-state index contributed by atoms with van der Waals surface area (Å²) < 4.78 is 12.7. The van der Waals surface area contributed by atoms with E-state index in [0.29, 0.717) is 18.3 Å². The van der Waals surface area contributed by atoms with Crippen molar-refractivity contribution in [2.24, 2.45) is 0 Å². The smallest absolute Gasteiger partial charge is 0.226 e. The first-order valence-corrected chi connectivity index (χ1v) is 8.19. The van der Waals surface area contributed by atoms with Crippen molar-refractivity contribution < 1.29 is 9.26 Å². The Kier molecular flexibility index (Phi) is 3.93. The van der Waals surface area contributed by atoms with Crippen LogP contribution in [0.25, 0.3) is 22.2 Å². The van der Waals surface area contributed by atoms with Crippen LogP contribution in [0, 0.1) is 0 Å². The molecule has 0 N–H and O–H groups in total. The van der Waals surface area contributed by atoms with Crippen LogP contribution in [-0.4, -0.2) is 26.8 Å². The van der Waals surface area contributed by atoms with E-state index in [4.69, 9.17) is 9.26 Å². The summed E-state index contributed by atoms with van der Waals surface area (Å²) in [5.74, 6) is 3.00. The number of rotatable bonds is 5. The van der Waals surface area contributed by atoms with Crippen LogP contribution in [0.1, 0.15) is 18.6 Å². The van der Waals surface area contributed by atoms with Crippen LogP contribution in [0.2, 0.25) is 0 Å². The molecule has 0 saturated carbocycles. The molecule has 0 fully saturated rings. The molecule has 126 valence electrons. The van der Waals surface area contributed by atoms with Crippen molar-refractivity contribution in [2.45, 2.75) is 19.9 Å². The summed E-state index contributed by atoms with van der Waals surface area (Å²) in [7, 11) is 1.68. The Labute approximate surface area is 145 Å². The van der Waals surface area contributed by atoms with Crippen LogP contribution in [0.15, 0.2) is 53.3 Å². The third-order valence-corrected chi connectivity index (χ3v) is 4.18. The Hall–Kier alpha value is -3.15. The van der Waals surface area contributed by atoms with Crippen LogP contribution in [-0.2, 0) is 13.0 Å². The minimum absolute atomic E-state index is 0.513. The van der Waals surface area contributed by atoms with Crippen molar-refractivity contribution in [3.05, 3.63) is 60.5 Å². The van der Waals surface area contributed by atoms with Crippen molar-refractivity contribution in [2.75, 3.05) is 7.11 Å². The quantitative estimate of drug-likeness (QED) is 0.557. The first kappa shape index (κ1) is 15.4. The van der Waals surface area contributed by atoms with Crippen LogP contribution in [0.3, 0.4) is 0 Å². The fraction of sp³-hybridized carbons (Fsp3) is 0.211. The number of nitrogens with zero attached hydrogens (tertiary/aromatic N) is 4. The van der Waals surface area contributed by atoms with Crippen molar-refractivity contribution in [3.63, 3.8) is 0 Å². The Morgan fingerprint density at radius 1 is 1.12 bits per heavy atom. The predicted octanol–water partition coefficient (Wildman–Crippen LogP) is 3.71. The number of hydrogen-bond acceptors (Lipinski definition) is 5. The van der Waals surface area contributed by atoms with Gasteiger partial charge in [0, 0.05) is 29.8 Å². The second-order valence-electron chi connectivity index (χ2n) is 5.70. The molecular weight excluding hydrogens is 316 g/mol. The molecule has 6 nitrogen and oxygen atoms in total. The van der Waals surface area contributed by atoms with E-state index in [9.17, 15) is 0 Å². The Morgan fingerprint density at radius 3 is 2.72 bits per heavy atom. The van der Waals surface area contributed by atoms with E-state index in [0.717, 1.165) is 34.3 Å². The van der Waals surface area contributed by atoms with Crippen LogP contribution < -0.4 is 4.74 Å². The number of fused-ring (bicyclic) bond motifs is 1. The molecule has 4 aromatic rings. The van der Waals surface area contributed by atoms with Crippen LogP contribution >= 0.6 is 0 Å². The average Bonchev–Trinajstić information content (AvgIpc) is 3.30. The van der Waals surface area contributed by atoms with Crippen LogP contribution in [0.5, 0.6) is 5.75 Å².